The molecule has 0 aliphatic carbocycles. The number of rotatable bonds is 5. The summed E-state index contributed by atoms with van der Waals surface area (Å²) < 4.78 is 5.33. The minimum atomic E-state index is -0.531. The number of hydrogen-bond acceptors (Lipinski definition) is 4. The average Bonchev–Trinajstić information content (AvgIpc) is 2.51. The average molecular weight is 335 g/mol. The van der Waals surface area contributed by atoms with Crippen LogP contribution in [0, 0.1) is 24.0 Å². The van der Waals surface area contributed by atoms with Crippen LogP contribution in [0.2, 0.25) is 5.02 Å². The van der Waals surface area contributed by atoms with Crippen molar-refractivity contribution in [3.8, 4) is 5.75 Å². The number of hydrogen-bond donors (Lipinski definition) is 1. The molecule has 120 valence electrons. The molecule has 0 spiro atoms. The van der Waals surface area contributed by atoms with Crippen molar-refractivity contribution in [2.75, 3.05) is 11.9 Å². The van der Waals surface area contributed by atoms with Crippen LogP contribution < -0.4 is 10.1 Å². The first-order valence-electron chi connectivity index (χ1n) is 6.82. The molecule has 0 saturated heterocycles. The first-order valence-corrected chi connectivity index (χ1v) is 7.19. The molecule has 6 nitrogen and oxygen atoms in total. The van der Waals surface area contributed by atoms with Crippen molar-refractivity contribution >= 4 is 28.9 Å². The molecule has 0 saturated carbocycles. The number of ether oxygens (including phenoxy) is 1. The minimum Gasteiger partial charge on any atom is -0.482 e. The van der Waals surface area contributed by atoms with Gasteiger partial charge in [-0.1, -0.05) is 29.8 Å². The molecule has 0 aliphatic heterocycles. The predicted molar refractivity (Wildman–Crippen MR) is 88.1 cm³/mol. The summed E-state index contributed by atoms with van der Waals surface area (Å²) in [5.74, 6) is -0.124. The third-order valence-electron chi connectivity index (χ3n) is 3.37. The summed E-state index contributed by atoms with van der Waals surface area (Å²) in [6.07, 6.45) is 0. The van der Waals surface area contributed by atoms with Crippen molar-refractivity contribution in [1.82, 2.24) is 0 Å². The molecule has 0 heterocycles. The van der Waals surface area contributed by atoms with Gasteiger partial charge < -0.3 is 10.1 Å². The van der Waals surface area contributed by atoms with Gasteiger partial charge in [0.15, 0.2) is 6.61 Å². The maximum atomic E-state index is 12.0. The molecule has 2 aromatic rings. The van der Waals surface area contributed by atoms with E-state index in [1.807, 2.05) is 6.92 Å². The number of nitrogens with zero attached hydrogens (tertiary/aromatic N) is 1. The van der Waals surface area contributed by atoms with Crippen molar-refractivity contribution in [1.29, 1.82) is 0 Å². The Labute approximate surface area is 138 Å². The number of carbonyl (C=O) groups is 1. The van der Waals surface area contributed by atoms with Crippen LogP contribution >= 0.6 is 11.6 Å². The Bertz CT molecular complexity index is 762. The van der Waals surface area contributed by atoms with Crippen molar-refractivity contribution in [2.24, 2.45) is 0 Å². The molecule has 0 atom stereocenters. The molecule has 2 rings (SSSR count). The highest BCUT2D eigenvalue weighted by Gasteiger charge is 2.19. The van der Waals surface area contributed by atoms with E-state index in [-0.39, 0.29) is 18.0 Å². The quantitative estimate of drug-likeness (QED) is 0.664. The molecule has 23 heavy (non-hydrogen) atoms. The molecule has 0 fully saturated rings. The van der Waals surface area contributed by atoms with Gasteiger partial charge in [-0.3, -0.25) is 14.9 Å². The molecule has 0 aromatic heterocycles. The molecule has 0 bridgehead atoms. The van der Waals surface area contributed by atoms with E-state index in [0.717, 1.165) is 5.56 Å². The summed E-state index contributed by atoms with van der Waals surface area (Å²) in [7, 11) is 0. The van der Waals surface area contributed by atoms with Gasteiger partial charge in [-0.2, -0.15) is 0 Å². The molecule has 0 aliphatic rings. The van der Waals surface area contributed by atoms with E-state index in [9.17, 15) is 14.9 Å². The summed E-state index contributed by atoms with van der Waals surface area (Å²) in [4.78, 5) is 22.6. The lowest BCUT2D eigenvalue weighted by atomic mass is 10.1. The number of aryl methyl sites for hydroxylation is 1. The van der Waals surface area contributed by atoms with Gasteiger partial charge >= 0.3 is 0 Å². The molecule has 7 heteroatoms. The lowest BCUT2D eigenvalue weighted by Crippen LogP contribution is -2.21. The van der Waals surface area contributed by atoms with Gasteiger partial charge in [0.25, 0.3) is 11.6 Å². The lowest BCUT2D eigenvalue weighted by Gasteiger charge is -2.12. The highest BCUT2D eigenvalue weighted by Crippen LogP contribution is 2.30. The van der Waals surface area contributed by atoms with Gasteiger partial charge in [0.1, 0.15) is 11.4 Å². The zero-order valence-electron chi connectivity index (χ0n) is 12.6. The first-order chi connectivity index (χ1) is 10.9. The summed E-state index contributed by atoms with van der Waals surface area (Å²) in [6.45, 7) is 3.23. The summed E-state index contributed by atoms with van der Waals surface area (Å²) in [5, 5.41) is 14.0. The lowest BCUT2D eigenvalue weighted by molar-refractivity contribution is -0.384. The van der Waals surface area contributed by atoms with Gasteiger partial charge in [-0.25, -0.2) is 0 Å². The van der Waals surface area contributed by atoms with Gasteiger partial charge in [0, 0.05) is 6.07 Å². The second kappa shape index (κ2) is 7.11. The number of para-hydroxylation sites is 1. The van der Waals surface area contributed by atoms with E-state index in [1.54, 1.807) is 37.3 Å². The second-order valence-corrected chi connectivity index (χ2v) is 5.33. The maximum absolute atomic E-state index is 12.0. The van der Waals surface area contributed by atoms with E-state index in [2.05, 4.69) is 5.32 Å². The van der Waals surface area contributed by atoms with Crippen LogP contribution in [-0.4, -0.2) is 17.4 Å². The highest BCUT2D eigenvalue weighted by atomic mass is 35.5. The monoisotopic (exact) mass is 334 g/mol. The fourth-order valence-electron chi connectivity index (χ4n) is 1.99. The molecular weight excluding hydrogens is 320 g/mol. The first kappa shape index (κ1) is 16.8. The zero-order chi connectivity index (χ0) is 17.0. The molecule has 0 radical (unpaired) electrons. The molecule has 1 N–H and O–H groups in total. The van der Waals surface area contributed by atoms with Gasteiger partial charge in [-0.15, -0.1) is 0 Å². The molecule has 0 unspecified atom stereocenters. The van der Waals surface area contributed by atoms with Crippen molar-refractivity contribution in [3.05, 3.63) is 62.7 Å². The number of halogens is 1. The standard InChI is InChI=1S/C16H15ClN2O4/c1-10-7-8-13(19(21)22)16(11(10)2)18-15(20)9-23-14-6-4-3-5-12(14)17/h3-8H,9H2,1-2H3,(H,18,20). The molecule has 2 aromatic carbocycles. The smallest absolute Gasteiger partial charge is 0.293 e. The Hall–Kier alpha value is -2.60. The number of anilines is 1. The normalized spacial score (nSPS) is 10.2. The Morgan fingerprint density at radius 3 is 2.61 bits per heavy atom. The van der Waals surface area contributed by atoms with Crippen molar-refractivity contribution < 1.29 is 14.5 Å². The highest BCUT2D eigenvalue weighted by molar-refractivity contribution is 6.32. The Kier molecular flexibility index (Phi) is 5.18. The fraction of sp³-hybridized carbons (Fsp3) is 0.188. The second-order valence-electron chi connectivity index (χ2n) is 4.93. The van der Waals surface area contributed by atoms with Crippen LogP contribution in [0.4, 0.5) is 11.4 Å². The van der Waals surface area contributed by atoms with Crippen LogP contribution in [0.5, 0.6) is 5.75 Å². The number of nitro groups is 1. The summed E-state index contributed by atoms with van der Waals surface area (Å²) >= 11 is 5.93. The number of nitro benzene ring substituents is 1. The van der Waals surface area contributed by atoms with E-state index in [0.29, 0.717) is 16.3 Å². The summed E-state index contributed by atoms with van der Waals surface area (Å²) in [5.41, 5.74) is 1.52. The fourth-order valence-corrected chi connectivity index (χ4v) is 2.18. The number of amides is 1. The number of benzene rings is 2. The Morgan fingerprint density at radius 2 is 1.96 bits per heavy atom. The van der Waals surface area contributed by atoms with Gasteiger partial charge in [0.05, 0.1) is 9.95 Å². The van der Waals surface area contributed by atoms with Crippen LogP contribution in [0.25, 0.3) is 0 Å². The van der Waals surface area contributed by atoms with Crippen LogP contribution in [-0.2, 0) is 4.79 Å². The minimum absolute atomic E-state index is 0.154. The number of nitrogens with one attached hydrogen (secondary N) is 1. The zero-order valence-corrected chi connectivity index (χ0v) is 13.4. The van der Waals surface area contributed by atoms with Gasteiger partial charge in [-0.05, 0) is 37.1 Å². The molecule has 1 amide bonds. The van der Waals surface area contributed by atoms with Gasteiger partial charge in [0.2, 0.25) is 0 Å². The van der Waals surface area contributed by atoms with E-state index >= 15 is 0 Å². The SMILES string of the molecule is Cc1ccc([N+](=O)[O-])c(NC(=O)COc2ccccc2Cl)c1C. The van der Waals surface area contributed by atoms with E-state index in [4.69, 9.17) is 16.3 Å². The predicted octanol–water partition coefficient (Wildman–Crippen LogP) is 3.88. The van der Waals surface area contributed by atoms with Crippen molar-refractivity contribution in [3.63, 3.8) is 0 Å². The maximum Gasteiger partial charge on any atom is 0.293 e. The topological polar surface area (TPSA) is 81.5 Å². The third-order valence-corrected chi connectivity index (χ3v) is 3.68. The van der Waals surface area contributed by atoms with Crippen LogP contribution in [0.15, 0.2) is 36.4 Å². The third kappa shape index (κ3) is 3.98. The largest absolute Gasteiger partial charge is 0.482 e. The Morgan fingerprint density at radius 1 is 1.26 bits per heavy atom. The molecular formula is C16H15ClN2O4. The van der Waals surface area contributed by atoms with E-state index < -0.39 is 10.8 Å². The van der Waals surface area contributed by atoms with Crippen molar-refractivity contribution in [2.45, 2.75) is 13.8 Å². The summed E-state index contributed by atoms with van der Waals surface area (Å²) in [6, 6.07) is 9.76. The van der Waals surface area contributed by atoms with Crippen LogP contribution in [0.3, 0.4) is 0 Å². The Balaban J connectivity index is 2.13. The van der Waals surface area contributed by atoms with Crippen LogP contribution in [0.1, 0.15) is 11.1 Å². The number of carbonyl (C=O) groups excluding carboxylic acids is 1. The van der Waals surface area contributed by atoms with E-state index in [1.165, 1.54) is 6.07 Å².